The first-order valence-electron chi connectivity index (χ1n) is 10.5. The van der Waals surface area contributed by atoms with Crippen LogP contribution in [-0.2, 0) is 19.6 Å². The lowest BCUT2D eigenvalue weighted by Gasteiger charge is -2.17. The second-order valence-electron chi connectivity index (χ2n) is 7.70. The van der Waals surface area contributed by atoms with Gasteiger partial charge in [-0.25, -0.2) is 13.2 Å². The average Bonchev–Trinajstić information content (AvgIpc) is 3.35. The maximum Gasteiger partial charge on any atom is 0.338 e. The number of esters is 1. The minimum Gasteiger partial charge on any atom is -0.449 e. The van der Waals surface area contributed by atoms with Crippen molar-refractivity contribution in [1.29, 1.82) is 0 Å². The van der Waals surface area contributed by atoms with Crippen LogP contribution >= 0.6 is 0 Å². The number of nitrogens with zero attached hydrogens (tertiary/aromatic N) is 1. The van der Waals surface area contributed by atoms with Crippen LogP contribution in [0.5, 0.6) is 0 Å². The molecule has 7 nitrogen and oxygen atoms in total. The van der Waals surface area contributed by atoms with Gasteiger partial charge in [-0.2, -0.15) is 4.31 Å². The first-order chi connectivity index (χ1) is 15.4. The predicted octanol–water partition coefficient (Wildman–Crippen LogP) is 3.81. The van der Waals surface area contributed by atoms with Gasteiger partial charge in [0.1, 0.15) is 0 Å². The van der Waals surface area contributed by atoms with Crippen LogP contribution in [0.1, 0.15) is 30.1 Å². The van der Waals surface area contributed by atoms with Gasteiger partial charge in [-0.15, -0.1) is 0 Å². The molecule has 3 aromatic carbocycles. The minimum absolute atomic E-state index is 0.0432. The number of hydrogen-bond donors (Lipinski definition) is 1. The van der Waals surface area contributed by atoms with E-state index in [2.05, 4.69) is 5.32 Å². The Bertz CT molecular complexity index is 1260. The Hall–Kier alpha value is -3.23. The Morgan fingerprint density at radius 1 is 0.969 bits per heavy atom. The highest BCUT2D eigenvalue weighted by Crippen LogP contribution is 2.24. The molecule has 1 aliphatic rings. The molecule has 0 spiro atoms. The monoisotopic (exact) mass is 452 g/mol. The van der Waals surface area contributed by atoms with Gasteiger partial charge in [0, 0.05) is 24.2 Å². The van der Waals surface area contributed by atoms with Crippen molar-refractivity contribution in [3.8, 4) is 0 Å². The molecule has 0 saturated carbocycles. The molecule has 1 aliphatic heterocycles. The quantitative estimate of drug-likeness (QED) is 0.574. The van der Waals surface area contributed by atoms with Crippen molar-refractivity contribution in [2.24, 2.45) is 0 Å². The Labute approximate surface area is 187 Å². The summed E-state index contributed by atoms with van der Waals surface area (Å²) in [7, 11) is -3.65. The molecule has 1 fully saturated rings. The summed E-state index contributed by atoms with van der Waals surface area (Å²) in [6, 6.07) is 18.9. The fourth-order valence-corrected chi connectivity index (χ4v) is 5.28. The largest absolute Gasteiger partial charge is 0.449 e. The molecule has 0 bridgehead atoms. The van der Waals surface area contributed by atoms with Gasteiger partial charge in [0.2, 0.25) is 10.0 Å². The number of ether oxygens (including phenoxy) is 1. The zero-order valence-corrected chi connectivity index (χ0v) is 18.5. The number of amides is 1. The van der Waals surface area contributed by atoms with Gasteiger partial charge >= 0.3 is 5.97 Å². The number of nitrogens with one attached hydrogen (secondary N) is 1. The molecule has 0 radical (unpaired) electrons. The Morgan fingerprint density at radius 3 is 2.44 bits per heavy atom. The van der Waals surface area contributed by atoms with Crippen LogP contribution < -0.4 is 5.32 Å². The van der Waals surface area contributed by atoms with Crippen LogP contribution in [0.2, 0.25) is 0 Å². The first-order valence-corrected chi connectivity index (χ1v) is 11.9. The van der Waals surface area contributed by atoms with Crippen molar-refractivity contribution in [3.63, 3.8) is 0 Å². The van der Waals surface area contributed by atoms with E-state index in [1.165, 1.54) is 35.5 Å². The Morgan fingerprint density at radius 2 is 1.66 bits per heavy atom. The van der Waals surface area contributed by atoms with E-state index in [-0.39, 0.29) is 10.5 Å². The van der Waals surface area contributed by atoms with Gasteiger partial charge in [-0.3, -0.25) is 4.79 Å². The predicted molar refractivity (Wildman–Crippen MR) is 122 cm³/mol. The van der Waals surface area contributed by atoms with Gasteiger partial charge < -0.3 is 10.1 Å². The van der Waals surface area contributed by atoms with Crippen LogP contribution in [0, 0.1) is 0 Å². The van der Waals surface area contributed by atoms with E-state index in [9.17, 15) is 18.0 Å². The molecule has 1 heterocycles. The third kappa shape index (κ3) is 4.51. The summed E-state index contributed by atoms with van der Waals surface area (Å²) in [5.41, 5.74) is 0.699. The van der Waals surface area contributed by atoms with E-state index in [1.807, 2.05) is 36.4 Å². The molecule has 1 saturated heterocycles. The van der Waals surface area contributed by atoms with Gasteiger partial charge in [-0.05, 0) is 49.4 Å². The molecule has 1 amide bonds. The zero-order valence-electron chi connectivity index (χ0n) is 17.7. The highest BCUT2D eigenvalue weighted by atomic mass is 32.2. The second kappa shape index (κ2) is 9.10. The van der Waals surface area contributed by atoms with Crippen molar-refractivity contribution in [2.75, 3.05) is 18.4 Å². The van der Waals surface area contributed by atoms with Crippen molar-refractivity contribution < 1.29 is 22.7 Å². The number of carbonyl (C=O) groups is 2. The lowest BCUT2D eigenvalue weighted by atomic mass is 10.1. The summed E-state index contributed by atoms with van der Waals surface area (Å²) in [6.07, 6.45) is 0.578. The van der Waals surface area contributed by atoms with Crippen molar-refractivity contribution in [3.05, 3.63) is 72.3 Å². The summed E-state index contributed by atoms with van der Waals surface area (Å²) in [5, 5.41) is 4.65. The topological polar surface area (TPSA) is 92.8 Å². The second-order valence-corrected chi connectivity index (χ2v) is 9.64. The van der Waals surface area contributed by atoms with Crippen molar-refractivity contribution >= 4 is 38.4 Å². The fourth-order valence-electron chi connectivity index (χ4n) is 3.71. The molecule has 1 N–H and O–H groups in total. The summed E-state index contributed by atoms with van der Waals surface area (Å²) in [6.45, 7) is 2.42. The van der Waals surface area contributed by atoms with Crippen molar-refractivity contribution in [1.82, 2.24) is 4.31 Å². The van der Waals surface area contributed by atoms with Crippen LogP contribution in [0.4, 0.5) is 5.69 Å². The molecule has 0 aromatic heterocycles. The fraction of sp³-hybridized carbons (Fsp3) is 0.250. The summed E-state index contributed by atoms with van der Waals surface area (Å²) in [5.74, 6) is -1.24. The van der Waals surface area contributed by atoms with Crippen LogP contribution in [0.15, 0.2) is 71.6 Å². The number of carbonyl (C=O) groups excluding carboxylic acids is 2. The molecule has 4 rings (SSSR count). The van der Waals surface area contributed by atoms with E-state index in [0.717, 1.165) is 23.6 Å². The third-order valence-corrected chi connectivity index (χ3v) is 7.37. The highest BCUT2D eigenvalue weighted by molar-refractivity contribution is 7.89. The minimum atomic E-state index is -3.65. The number of hydrogen-bond acceptors (Lipinski definition) is 5. The maximum absolute atomic E-state index is 12.8. The van der Waals surface area contributed by atoms with E-state index >= 15 is 0 Å². The van der Waals surface area contributed by atoms with Gasteiger partial charge in [0.25, 0.3) is 5.91 Å². The number of fused-ring (bicyclic) bond motifs is 1. The molecule has 1 unspecified atom stereocenters. The lowest BCUT2D eigenvalue weighted by Crippen LogP contribution is -2.30. The maximum atomic E-state index is 12.8. The molecule has 1 atom stereocenters. The highest BCUT2D eigenvalue weighted by Gasteiger charge is 2.28. The van der Waals surface area contributed by atoms with Gasteiger partial charge in [-0.1, -0.05) is 42.5 Å². The summed E-state index contributed by atoms with van der Waals surface area (Å²) >= 11 is 0. The van der Waals surface area contributed by atoms with Gasteiger partial charge in [0.05, 0.1) is 10.5 Å². The van der Waals surface area contributed by atoms with Crippen LogP contribution in [0.3, 0.4) is 0 Å². The average molecular weight is 453 g/mol. The lowest BCUT2D eigenvalue weighted by molar-refractivity contribution is -0.123. The Balaban J connectivity index is 1.46. The molecular weight excluding hydrogens is 428 g/mol. The smallest absolute Gasteiger partial charge is 0.338 e. The van der Waals surface area contributed by atoms with E-state index < -0.39 is 28.0 Å². The van der Waals surface area contributed by atoms with Crippen LogP contribution in [0.25, 0.3) is 10.8 Å². The molecule has 166 valence electrons. The first kappa shape index (κ1) is 22.0. The number of benzene rings is 3. The Kier molecular flexibility index (Phi) is 6.25. The summed E-state index contributed by atoms with van der Waals surface area (Å²) in [4.78, 5) is 25.3. The standard InChI is InChI=1S/C24H24N2O5S/c1-17(23(27)25-22-13-7-9-18-8-2-3-12-21(18)22)31-24(28)19-10-6-11-20(16-19)32(29,30)26-14-4-5-15-26/h2-3,6-13,16-17H,4-5,14-15H2,1H3,(H,25,27). The van der Waals surface area contributed by atoms with E-state index in [0.29, 0.717) is 18.8 Å². The molecule has 8 heteroatoms. The SMILES string of the molecule is CC(OC(=O)c1cccc(S(=O)(=O)N2CCCC2)c1)C(=O)Nc1cccc2ccccc12. The summed E-state index contributed by atoms with van der Waals surface area (Å²) < 4.78 is 32.3. The van der Waals surface area contributed by atoms with Crippen molar-refractivity contribution in [2.45, 2.75) is 30.8 Å². The van der Waals surface area contributed by atoms with Crippen LogP contribution in [-0.4, -0.2) is 43.8 Å². The number of anilines is 1. The molecular formula is C24H24N2O5S. The third-order valence-electron chi connectivity index (χ3n) is 5.47. The van der Waals surface area contributed by atoms with Gasteiger partial charge in [0.15, 0.2) is 6.10 Å². The molecule has 32 heavy (non-hydrogen) atoms. The number of sulfonamides is 1. The van der Waals surface area contributed by atoms with E-state index in [4.69, 9.17) is 4.74 Å². The molecule has 3 aromatic rings. The number of rotatable bonds is 6. The zero-order chi connectivity index (χ0) is 22.7. The normalized spacial score (nSPS) is 15.4. The van der Waals surface area contributed by atoms with E-state index in [1.54, 1.807) is 6.07 Å². The molecule has 0 aliphatic carbocycles.